The Morgan fingerprint density at radius 2 is 2.03 bits per heavy atom. The van der Waals surface area contributed by atoms with Crippen LogP contribution in [0, 0.1) is 12.7 Å². The van der Waals surface area contributed by atoms with E-state index in [-0.39, 0.29) is 24.5 Å². The summed E-state index contributed by atoms with van der Waals surface area (Å²) in [5.41, 5.74) is 0.679. The lowest BCUT2D eigenvalue weighted by atomic mass is 10.2. The van der Waals surface area contributed by atoms with E-state index < -0.39 is 18.0 Å². The third kappa shape index (κ3) is 5.50. The molecule has 1 aromatic carbocycles. The molecule has 2 heterocycles. The standard InChI is InChI=1S/C20H20FN3O5/c1-3-15(20(26)23-17-10-12(2)29-24-17)28-19(25)9-8-18-22-11-16(27-18)13-4-6-14(21)7-5-13/h4-7,10-11,15H,3,8-9H2,1-2H3,(H,23,24,26). The molecular formula is C20H20FN3O5. The van der Waals surface area contributed by atoms with Crippen LogP contribution in [-0.4, -0.2) is 28.1 Å². The zero-order chi connectivity index (χ0) is 20.8. The van der Waals surface area contributed by atoms with E-state index in [2.05, 4.69) is 15.5 Å². The normalized spacial score (nSPS) is 11.8. The number of nitrogens with one attached hydrogen (secondary N) is 1. The first kappa shape index (κ1) is 20.2. The number of nitrogens with zero attached hydrogens (tertiary/aromatic N) is 2. The molecule has 0 spiro atoms. The van der Waals surface area contributed by atoms with E-state index in [1.54, 1.807) is 32.0 Å². The molecule has 152 valence electrons. The van der Waals surface area contributed by atoms with Crippen molar-refractivity contribution in [2.24, 2.45) is 0 Å². The first-order valence-corrected chi connectivity index (χ1v) is 9.09. The van der Waals surface area contributed by atoms with Crippen molar-refractivity contribution in [1.82, 2.24) is 10.1 Å². The van der Waals surface area contributed by atoms with Gasteiger partial charge in [-0.25, -0.2) is 9.37 Å². The zero-order valence-electron chi connectivity index (χ0n) is 16.0. The Kier molecular flexibility index (Phi) is 6.38. The van der Waals surface area contributed by atoms with Gasteiger partial charge in [-0.1, -0.05) is 12.1 Å². The zero-order valence-corrected chi connectivity index (χ0v) is 16.0. The van der Waals surface area contributed by atoms with Crippen molar-refractivity contribution in [2.45, 2.75) is 39.2 Å². The Labute approximate surface area is 166 Å². The number of carbonyl (C=O) groups is 2. The maximum atomic E-state index is 13.0. The van der Waals surface area contributed by atoms with Gasteiger partial charge in [0.05, 0.1) is 12.6 Å². The molecule has 0 aliphatic carbocycles. The summed E-state index contributed by atoms with van der Waals surface area (Å²) in [5.74, 6) is 0.253. The molecule has 1 amide bonds. The molecule has 0 bridgehead atoms. The van der Waals surface area contributed by atoms with Crippen LogP contribution in [0.15, 0.2) is 45.5 Å². The SMILES string of the molecule is CCC(OC(=O)CCc1ncc(-c2ccc(F)cc2)o1)C(=O)Nc1cc(C)on1. The number of aryl methyl sites for hydroxylation is 2. The maximum absolute atomic E-state index is 13.0. The number of aromatic nitrogens is 2. The summed E-state index contributed by atoms with van der Waals surface area (Å²) in [6.45, 7) is 3.43. The summed E-state index contributed by atoms with van der Waals surface area (Å²) in [7, 11) is 0. The highest BCUT2D eigenvalue weighted by Gasteiger charge is 2.22. The van der Waals surface area contributed by atoms with Crippen LogP contribution in [0.5, 0.6) is 0 Å². The highest BCUT2D eigenvalue weighted by atomic mass is 19.1. The summed E-state index contributed by atoms with van der Waals surface area (Å²) in [5, 5.41) is 6.21. The van der Waals surface area contributed by atoms with Crippen LogP contribution in [0.3, 0.4) is 0 Å². The number of hydrogen-bond acceptors (Lipinski definition) is 7. The number of carbonyl (C=O) groups excluding carboxylic acids is 2. The Morgan fingerprint density at radius 1 is 1.28 bits per heavy atom. The van der Waals surface area contributed by atoms with E-state index in [0.717, 1.165) is 0 Å². The minimum absolute atomic E-state index is 0.00375. The second kappa shape index (κ2) is 9.13. The van der Waals surface area contributed by atoms with Crippen molar-refractivity contribution in [1.29, 1.82) is 0 Å². The van der Waals surface area contributed by atoms with Gasteiger partial charge in [0, 0.05) is 18.1 Å². The largest absolute Gasteiger partial charge is 0.452 e. The molecule has 0 aliphatic heterocycles. The lowest BCUT2D eigenvalue weighted by molar-refractivity contribution is -0.154. The fraction of sp³-hybridized carbons (Fsp3) is 0.300. The van der Waals surface area contributed by atoms with Gasteiger partial charge in [0.15, 0.2) is 23.6 Å². The van der Waals surface area contributed by atoms with Crippen molar-refractivity contribution >= 4 is 17.7 Å². The van der Waals surface area contributed by atoms with E-state index in [0.29, 0.717) is 29.4 Å². The van der Waals surface area contributed by atoms with Crippen LogP contribution in [0.25, 0.3) is 11.3 Å². The fourth-order valence-corrected chi connectivity index (χ4v) is 2.55. The number of amides is 1. The van der Waals surface area contributed by atoms with Gasteiger partial charge < -0.3 is 19.0 Å². The quantitative estimate of drug-likeness (QED) is 0.574. The summed E-state index contributed by atoms with van der Waals surface area (Å²) < 4.78 is 28.7. The van der Waals surface area contributed by atoms with Crippen molar-refractivity contribution in [3.63, 3.8) is 0 Å². The van der Waals surface area contributed by atoms with Gasteiger partial charge >= 0.3 is 5.97 Å². The van der Waals surface area contributed by atoms with E-state index in [9.17, 15) is 14.0 Å². The van der Waals surface area contributed by atoms with Crippen molar-refractivity contribution in [2.75, 3.05) is 5.32 Å². The Balaban J connectivity index is 1.50. The minimum Gasteiger partial charge on any atom is -0.452 e. The molecule has 0 aliphatic rings. The van der Waals surface area contributed by atoms with Crippen molar-refractivity contribution in [3.8, 4) is 11.3 Å². The smallest absolute Gasteiger partial charge is 0.307 e. The van der Waals surface area contributed by atoms with Gasteiger partial charge in [0.1, 0.15) is 11.6 Å². The van der Waals surface area contributed by atoms with Gasteiger partial charge in [-0.3, -0.25) is 9.59 Å². The molecule has 3 rings (SSSR count). The highest BCUT2D eigenvalue weighted by molar-refractivity contribution is 5.94. The Morgan fingerprint density at radius 3 is 2.69 bits per heavy atom. The molecule has 0 fully saturated rings. The molecule has 0 saturated heterocycles. The van der Waals surface area contributed by atoms with Gasteiger partial charge in [0.2, 0.25) is 0 Å². The fourth-order valence-electron chi connectivity index (χ4n) is 2.55. The molecule has 29 heavy (non-hydrogen) atoms. The van der Waals surface area contributed by atoms with Crippen molar-refractivity contribution < 1.29 is 27.7 Å². The van der Waals surface area contributed by atoms with Crippen molar-refractivity contribution in [3.05, 3.63) is 54.0 Å². The monoisotopic (exact) mass is 401 g/mol. The Bertz CT molecular complexity index is 980. The van der Waals surface area contributed by atoms with Crippen LogP contribution in [0.4, 0.5) is 10.2 Å². The summed E-state index contributed by atoms with van der Waals surface area (Å²) in [6, 6.07) is 7.37. The highest BCUT2D eigenvalue weighted by Crippen LogP contribution is 2.21. The molecule has 1 atom stereocenters. The number of halogens is 1. The average Bonchev–Trinajstić information content (AvgIpc) is 3.34. The molecule has 1 N–H and O–H groups in total. The van der Waals surface area contributed by atoms with E-state index in [1.165, 1.54) is 18.3 Å². The molecule has 2 aromatic heterocycles. The molecule has 8 nitrogen and oxygen atoms in total. The summed E-state index contributed by atoms with van der Waals surface area (Å²) in [4.78, 5) is 28.4. The van der Waals surface area contributed by atoms with Crippen LogP contribution in [0.1, 0.15) is 31.4 Å². The van der Waals surface area contributed by atoms with Crippen LogP contribution >= 0.6 is 0 Å². The number of ether oxygens (including phenoxy) is 1. The minimum atomic E-state index is -0.946. The number of esters is 1. The number of hydrogen-bond donors (Lipinski definition) is 1. The van der Waals surface area contributed by atoms with E-state index in [1.807, 2.05) is 0 Å². The number of rotatable bonds is 8. The van der Waals surface area contributed by atoms with Crippen LogP contribution in [-0.2, 0) is 20.7 Å². The first-order chi connectivity index (χ1) is 13.9. The predicted octanol–water partition coefficient (Wildman–Crippen LogP) is 3.67. The lowest BCUT2D eigenvalue weighted by Gasteiger charge is -2.14. The second-order valence-electron chi connectivity index (χ2n) is 6.32. The third-order valence-corrected chi connectivity index (χ3v) is 4.04. The molecule has 1 unspecified atom stereocenters. The van der Waals surface area contributed by atoms with Crippen LogP contribution in [0.2, 0.25) is 0 Å². The van der Waals surface area contributed by atoms with Gasteiger partial charge in [-0.15, -0.1) is 0 Å². The van der Waals surface area contributed by atoms with Gasteiger partial charge in [-0.05, 0) is 37.6 Å². The predicted molar refractivity (Wildman–Crippen MR) is 100 cm³/mol. The summed E-state index contributed by atoms with van der Waals surface area (Å²) >= 11 is 0. The molecule has 0 saturated carbocycles. The van der Waals surface area contributed by atoms with Gasteiger partial charge in [-0.2, -0.15) is 0 Å². The lowest BCUT2D eigenvalue weighted by Crippen LogP contribution is -2.32. The molecular weight excluding hydrogens is 381 g/mol. The number of benzene rings is 1. The summed E-state index contributed by atoms with van der Waals surface area (Å²) in [6.07, 6.45) is 1.08. The topological polar surface area (TPSA) is 107 Å². The third-order valence-electron chi connectivity index (χ3n) is 4.04. The number of oxazole rings is 1. The Hall–Kier alpha value is -3.49. The van der Waals surface area contributed by atoms with E-state index in [4.69, 9.17) is 13.7 Å². The van der Waals surface area contributed by atoms with Crippen LogP contribution < -0.4 is 5.32 Å². The first-order valence-electron chi connectivity index (χ1n) is 9.09. The average molecular weight is 401 g/mol. The second-order valence-corrected chi connectivity index (χ2v) is 6.32. The molecule has 9 heteroatoms. The van der Waals surface area contributed by atoms with Gasteiger partial charge in [0.25, 0.3) is 5.91 Å². The number of anilines is 1. The maximum Gasteiger partial charge on any atom is 0.307 e. The van der Waals surface area contributed by atoms with E-state index >= 15 is 0 Å². The molecule has 3 aromatic rings. The molecule has 0 radical (unpaired) electrons.